The first-order valence-corrected chi connectivity index (χ1v) is 16.4. The lowest BCUT2D eigenvalue weighted by Crippen LogP contribution is -1.99. The summed E-state index contributed by atoms with van der Waals surface area (Å²) in [6.45, 7) is 0. The standard InChI is InChI=1S/C45H27N3S/c1-3-12-28(13-4-1)43-46-44(29-14-5-2-6-15-29)48-45(47-43)31-23-25-38-39-21-11-20-32(42(39)49-41(38)27-31)30-22-24-37-35-18-8-7-16-33(35)34-17-9-10-19-36(34)40(37)26-30/h1-27H/i1D,3D,4D,11D,12D,13D,20D,21D,23D,25D,27D. The quantitative estimate of drug-likeness (QED) is 0.178. The van der Waals surface area contributed by atoms with E-state index in [4.69, 9.17) is 9.60 Å². The minimum absolute atomic E-state index is 0.0502. The van der Waals surface area contributed by atoms with Crippen molar-refractivity contribution in [1.82, 2.24) is 15.0 Å². The molecule has 0 radical (unpaired) electrons. The Morgan fingerprint density at radius 2 is 1.02 bits per heavy atom. The summed E-state index contributed by atoms with van der Waals surface area (Å²) in [7, 11) is 0. The largest absolute Gasteiger partial charge is 0.208 e. The Bertz CT molecular complexity index is 3450. The first-order valence-electron chi connectivity index (χ1n) is 21.1. The molecule has 228 valence electrons. The molecule has 4 heteroatoms. The van der Waals surface area contributed by atoms with E-state index in [0.29, 0.717) is 21.4 Å². The van der Waals surface area contributed by atoms with Gasteiger partial charge in [0.1, 0.15) is 0 Å². The molecule has 2 heterocycles. The fraction of sp³-hybridized carbons (Fsp3) is 0. The third kappa shape index (κ3) is 4.61. The zero-order valence-corrected chi connectivity index (χ0v) is 26.3. The van der Waals surface area contributed by atoms with Gasteiger partial charge in [0.05, 0.1) is 15.1 Å². The van der Waals surface area contributed by atoms with E-state index in [0.717, 1.165) is 43.7 Å². The number of thiophene rings is 1. The summed E-state index contributed by atoms with van der Waals surface area (Å²) in [5.74, 6) is -0.451. The highest BCUT2D eigenvalue weighted by Gasteiger charge is 2.16. The van der Waals surface area contributed by atoms with Crippen LogP contribution in [0.15, 0.2) is 164 Å². The van der Waals surface area contributed by atoms with Crippen molar-refractivity contribution in [3.05, 3.63) is 164 Å². The minimum atomic E-state index is -0.590. The maximum Gasteiger partial charge on any atom is 0.164 e. The predicted molar refractivity (Wildman–Crippen MR) is 207 cm³/mol. The molecule has 0 fully saturated rings. The Kier molecular flexibility index (Phi) is 4.33. The predicted octanol–water partition coefficient (Wildman–Crippen LogP) is 12.4. The molecular weight excluding hydrogens is 615 g/mol. The zero-order chi connectivity index (χ0) is 41.9. The SMILES string of the molecule is [2H]c1c([2H])c([2H])c(-c2nc(-c3ccccc3)nc(-c3c([2H])c([2H])c4c(sc5c(-c6ccc7c8ccccc8c8ccccc8c7c6)c([2H])c([2H])c([2H])c54)c3[2H])n2)c([2H])c1[2H]. The van der Waals surface area contributed by atoms with Gasteiger partial charge in [-0.05, 0) is 55.6 Å². The van der Waals surface area contributed by atoms with E-state index in [1.807, 2.05) is 42.5 Å². The van der Waals surface area contributed by atoms with Crippen molar-refractivity contribution in [1.29, 1.82) is 0 Å². The molecule has 2 aromatic heterocycles. The number of benzene rings is 8. The lowest BCUT2D eigenvalue weighted by Gasteiger charge is -2.12. The van der Waals surface area contributed by atoms with E-state index in [-0.39, 0.29) is 74.3 Å². The van der Waals surface area contributed by atoms with Gasteiger partial charge in [0, 0.05) is 36.9 Å². The van der Waals surface area contributed by atoms with Crippen molar-refractivity contribution in [2.45, 2.75) is 0 Å². The fourth-order valence-corrected chi connectivity index (χ4v) is 7.61. The first-order chi connectivity index (χ1) is 28.9. The molecule has 10 rings (SSSR count). The molecule has 0 spiro atoms. The second kappa shape index (κ2) is 11.2. The number of nitrogens with zero attached hydrogens (tertiary/aromatic N) is 3. The van der Waals surface area contributed by atoms with Crippen molar-refractivity contribution in [2.75, 3.05) is 0 Å². The topological polar surface area (TPSA) is 38.7 Å². The van der Waals surface area contributed by atoms with Gasteiger partial charge in [-0.15, -0.1) is 11.3 Å². The molecule has 0 aliphatic rings. The van der Waals surface area contributed by atoms with Crippen LogP contribution in [-0.4, -0.2) is 15.0 Å². The summed E-state index contributed by atoms with van der Waals surface area (Å²) in [5, 5.41) is 6.50. The summed E-state index contributed by atoms with van der Waals surface area (Å²) in [5.41, 5.74) is 1.03. The molecule has 3 nitrogen and oxygen atoms in total. The zero-order valence-electron chi connectivity index (χ0n) is 36.5. The average molecular weight is 653 g/mol. The van der Waals surface area contributed by atoms with Crippen LogP contribution in [0.3, 0.4) is 0 Å². The smallest absolute Gasteiger partial charge is 0.164 e. The van der Waals surface area contributed by atoms with Crippen LogP contribution >= 0.6 is 11.3 Å². The molecule has 0 amide bonds. The summed E-state index contributed by atoms with van der Waals surface area (Å²) in [4.78, 5) is 13.7. The third-order valence-electron chi connectivity index (χ3n) is 8.71. The van der Waals surface area contributed by atoms with Gasteiger partial charge >= 0.3 is 0 Å². The molecule has 0 atom stereocenters. The van der Waals surface area contributed by atoms with E-state index in [2.05, 4.69) is 39.2 Å². The van der Waals surface area contributed by atoms with Crippen LogP contribution in [0.4, 0.5) is 0 Å². The number of hydrogen-bond acceptors (Lipinski definition) is 4. The van der Waals surface area contributed by atoms with Crippen LogP contribution in [0.2, 0.25) is 0 Å². The molecule has 0 saturated heterocycles. The molecule has 0 saturated carbocycles. The Morgan fingerprint density at radius 1 is 0.408 bits per heavy atom. The van der Waals surface area contributed by atoms with Crippen LogP contribution in [0.5, 0.6) is 0 Å². The number of rotatable bonds is 4. The second-order valence-corrected chi connectivity index (χ2v) is 12.6. The monoisotopic (exact) mass is 652 g/mol. The molecular formula is C45H27N3S. The van der Waals surface area contributed by atoms with E-state index >= 15 is 0 Å². The van der Waals surface area contributed by atoms with Crippen LogP contribution in [-0.2, 0) is 0 Å². The van der Waals surface area contributed by atoms with Crippen molar-refractivity contribution in [3.8, 4) is 45.3 Å². The lowest BCUT2D eigenvalue weighted by atomic mass is 9.92. The molecule has 0 aliphatic heterocycles. The number of aromatic nitrogens is 3. The third-order valence-corrected chi connectivity index (χ3v) is 9.83. The fourth-order valence-electron chi connectivity index (χ4n) is 6.47. The van der Waals surface area contributed by atoms with Crippen LogP contribution < -0.4 is 0 Å². The van der Waals surface area contributed by atoms with Gasteiger partial charge in [0.2, 0.25) is 0 Å². The van der Waals surface area contributed by atoms with Crippen molar-refractivity contribution >= 4 is 63.8 Å². The van der Waals surface area contributed by atoms with Crippen molar-refractivity contribution in [2.24, 2.45) is 0 Å². The molecule has 49 heavy (non-hydrogen) atoms. The van der Waals surface area contributed by atoms with Crippen LogP contribution in [0, 0.1) is 0 Å². The highest BCUT2D eigenvalue weighted by molar-refractivity contribution is 7.26. The van der Waals surface area contributed by atoms with Gasteiger partial charge in [0.25, 0.3) is 0 Å². The average Bonchev–Trinajstić information content (AvgIpc) is 3.67. The normalized spacial score (nSPS) is 14.8. The van der Waals surface area contributed by atoms with Gasteiger partial charge in [0.15, 0.2) is 17.5 Å². The highest BCUT2D eigenvalue weighted by atomic mass is 32.1. The Morgan fingerprint density at radius 3 is 1.73 bits per heavy atom. The Balaban J connectivity index is 1.26. The van der Waals surface area contributed by atoms with E-state index in [1.54, 1.807) is 30.3 Å². The summed E-state index contributed by atoms with van der Waals surface area (Å²) in [6.07, 6.45) is 0. The van der Waals surface area contributed by atoms with Crippen molar-refractivity contribution in [3.63, 3.8) is 0 Å². The Labute approximate surface area is 302 Å². The molecule has 0 N–H and O–H groups in total. The van der Waals surface area contributed by atoms with Crippen LogP contribution in [0.1, 0.15) is 15.1 Å². The minimum Gasteiger partial charge on any atom is -0.208 e. The van der Waals surface area contributed by atoms with E-state index < -0.39 is 36.3 Å². The van der Waals surface area contributed by atoms with Crippen molar-refractivity contribution < 1.29 is 15.1 Å². The molecule has 0 unspecified atom stereocenters. The number of hydrogen-bond donors (Lipinski definition) is 0. The highest BCUT2D eigenvalue weighted by Crippen LogP contribution is 2.43. The first kappa shape index (κ1) is 18.9. The maximum atomic E-state index is 9.60. The Hall–Kier alpha value is -6.23. The van der Waals surface area contributed by atoms with Crippen LogP contribution in [0.25, 0.3) is 97.8 Å². The molecule has 10 aromatic rings. The number of fused-ring (bicyclic) bond motifs is 9. The van der Waals surface area contributed by atoms with Gasteiger partial charge in [-0.2, -0.15) is 0 Å². The van der Waals surface area contributed by atoms with E-state index in [1.165, 1.54) is 0 Å². The summed E-state index contributed by atoms with van der Waals surface area (Å²) in [6, 6.07) is 26.1. The maximum absolute atomic E-state index is 9.60. The van der Waals surface area contributed by atoms with E-state index in [9.17, 15) is 5.48 Å². The molecule has 8 aromatic carbocycles. The summed E-state index contributed by atoms with van der Waals surface area (Å²) >= 11 is 1.09. The van der Waals surface area contributed by atoms with Gasteiger partial charge in [-0.25, -0.2) is 15.0 Å². The molecule has 0 bridgehead atoms. The lowest BCUT2D eigenvalue weighted by molar-refractivity contribution is 1.07. The van der Waals surface area contributed by atoms with Gasteiger partial charge < -0.3 is 0 Å². The molecule has 0 aliphatic carbocycles. The second-order valence-electron chi connectivity index (χ2n) is 11.5. The van der Waals surface area contributed by atoms with Gasteiger partial charge in [-0.3, -0.25) is 0 Å². The van der Waals surface area contributed by atoms with Gasteiger partial charge in [-0.1, -0.05) is 151 Å². The summed E-state index contributed by atoms with van der Waals surface area (Å²) < 4.78 is 98.2.